The third kappa shape index (κ3) is 3.08. The Balaban J connectivity index is 2.23. The maximum absolute atomic E-state index is 6.46. The van der Waals surface area contributed by atoms with Crippen molar-refractivity contribution in [3.8, 4) is 5.75 Å². The minimum atomic E-state index is -0.00998. The van der Waals surface area contributed by atoms with Crippen LogP contribution in [0.2, 0.25) is 0 Å². The first-order valence-electron chi connectivity index (χ1n) is 7.74. The molecule has 2 rings (SSSR count). The molecular weight excluding hydrogens is 244 g/mol. The molecule has 0 aromatic heterocycles. The number of allylic oxidation sites excluding steroid dienone is 2. The average molecular weight is 272 g/mol. The van der Waals surface area contributed by atoms with E-state index >= 15 is 0 Å². The average Bonchev–Trinajstić information content (AvgIpc) is 2.35. The van der Waals surface area contributed by atoms with Crippen LogP contribution in [0.1, 0.15) is 62.3 Å². The molecular formula is C19H28O. The lowest BCUT2D eigenvalue weighted by molar-refractivity contribution is 0.0560. The molecule has 1 aromatic carbocycles. The Morgan fingerprint density at radius 1 is 1.25 bits per heavy atom. The van der Waals surface area contributed by atoms with Gasteiger partial charge >= 0.3 is 0 Å². The van der Waals surface area contributed by atoms with Crippen LogP contribution in [0.4, 0.5) is 0 Å². The number of aryl methyl sites for hydroxylation is 2. The van der Waals surface area contributed by atoms with Crippen LogP contribution < -0.4 is 4.74 Å². The summed E-state index contributed by atoms with van der Waals surface area (Å²) in [5, 5.41) is 0. The minimum Gasteiger partial charge on any atom is -0.487 e. The van der Waals surface area contributed by atoms with E-state index in [2.05, 4.69) is 53.7 Å². The second-order valence-corrected chi connectivity index (χ2v) is 6.82. The molecule has 1 aliphatic rings. The van der Waals surface area contributed by atoms with Gasteiger partial charge in [-0.3, -0.25) is 0 Å². The van der Waals surface area contributed by atoms with Crippen molar-refractivity contribution >= 4 is 0 Å². The van der Waals surface area contributed by atoms with Gasteiger partial charge < -0.3 is 4.74 Å². The zero-order valence-electron chi connectivity index (χ0n) is 13.9. The molecule has 1 heterocycles. The summed E-state index contributed by atoms with van der Waals surface area (Å²) < 4.78 is 6.46. The van der Waals surface area contributed by atoms with Gasteiger partial charge in [0.05, 0.1) is 0 Å². The van der Waals surface area contributed by atoms with Crippen molar-refractivity contribution in [1.82, 2.24) is 0 Å². The van der Waals surface area contributed by atoms with Crippen LogP contribution in [0, 0.1) is 20.8 Å². The first-order valence-corrected chi connectivity index (χ1v) is 7.74. The van der Waals surface area contributed by atoms with Crippen LogP contribution in [-0.4, -0.2) is 5.60 Å². The van der Waals surface area contributed by atoms with E-state index in [-0.39, 0.29) is 5.60 Å². The summed E-state index contributed by atoms with van der Waals surface area (Å²) in [5.74, 6) is 1.16. The molecule has 1 nitrogen and oxygen atoms in total. The van der Waals surface area contributed by atoms with Gasteiger partial charge in [-0.15, -0.1) is 0 Å². The monoisotopic (exact) mass is 272 g/mol. The molecule has 0 amide bonds. The Kier molecular flexibility index (Phi) is 4.27. The normalized spacial score (nSPS) is 21.1. The van der Waals surface area contributed by atoms with E-state index in [1.165, 1.54) is 27.8 Å². The van der Waals surface area contributed by atoms with E-state index in [4.69, 9.17) is 4.74 Å². The van der Waals surface area contributed by atoms with E-state index in [9.17, 15) is 0 Å². The molecule has 0 saturated heterocycles. The topological polar surface area (TPSA) is 9.23 Å². The zero-order chi connectivity index (χ0) is 14.9. The van der Waals surface area contributed by atoms with Crippen molar-refractivity contribution in [3.05, 3.63) is 40.0 Å². The Morgan fingerprint density at radius 3 is 2.60 bits per heavy atom. The highest BCUT2D eigenvalue weighted by Crippen LogP contribution is 2.40. The number of hydrogen-bond donors (Lipinski definition) is 0. The fourth-order valence-electron chi connectivity index (χ4n) is 3.08. The molecule has 0 N–H and O–H groups in total. The summed E-state index contributed by atoms with van der Waals surface area (Å²) in [6, 6.07) is 2.30. The summed E-state index contributed by atoms with van der Waals surface area (Å²) >= 11 is 0. The van der Waals surface area contributed by atoms with Crippen LogP contribution in [0.3, 0.4) is 0 Å². The van der Waals surface area contributed by atoms with E-state index in [0.29, 0.717) is 0 Å². The third-order valence-corrected chi connectivity index (χ3v) is 4.59. The van der Waals surface area contributed by atoms with E-state index in [1.807, 2.05) is 0 Å². The maximum Gasteiger partial charge on any atom is 0.126 e. The Bertz CT molecular complexity index is 535. The summed E-state index contributed by atoms with van der Waals surface area (Å²) in [6.07, 6.45) is 6.80. The van der Waals surface area contributed by atoms with Gasteiger partial charge in [-0.1, -0.05) is 17.7 Å². The van der Waals surface area contributed by atoms with E-state index in [0.717, 1.165) is 31.4 Å². The highest BCUT2D eigenvalue weighted by molar-refractivity contribution is 5.51. The number of benzene rings is 1. The van der Waals surface area contributed by atoms with Crippen LogP contribution in [0.15, 0.2) is 17.7 Å². The third-order valence-electron chi connectivity index (χ3n) is 4.59. The van der Waals surface area contributed by atoms with Gasteiger partial charge in [0.2, 0.25) is 0 Å². The molecule has 0 saturated carbocycles. The van der Waals surface area contributed by atoms with Gasteiger partial charge in [0.25, 0.3) is 0 Å². The Labute approximate surface area is 124 Å². The molecule has 1 unspecified atom stereocenters. The van der Waals surface area contributed by atoms with Gasteiger partial charge in [0.15, 0.2) is 0 Å². The van der Waals surface area contributed by atoms with Crippen molar-refractivity contribution in [2.45, 2.75) is 72.8 Å². The van der Waals surface area contributed by atoms with Gasteiger partial charge in [0, 0.05) is 0 Å². The fraction of sp³-hybridized carbons (Fsp3) is 0.579. The second-order valence-electron chi connectivity index (χ2n) is 6.82. The summed E-state index contributed by atoms with van der Waals surface area (Å²) in [6.45, 7) is 13.2. The smallest absolute Gasteiger partial charge is 0.126 e. The molecule has 0 spiro atoms. The predicted octanol–water partition coefficient (Wildman–Crippen LogP) is 5.44. The maximum atomic E-state index is 6.46. The molecule has 0 fully saturated rings. The minimum absolute atomic E-state index is 0.00998. The molecule has 0 bridgehead atoms. The van der Waals surface area contributed by atoms with Crippen molar-refractivity contribution < 1.29 is 4.74 Å². The van der Waals surface area contributed by atoms with E-state index < -0.39 is 0 Å². The quantitative estimate of drug-likeness (QED) is 0.665. The zero-order valence-corrected chi connectivity index (χ0v) is 13.9. The summed E-state index contributed by atoms with van der Waals surface area (Å²) in [5.41, 5.74) is 6.85. The SMILES string of the molecule is CC(C)=CCCC1(C)CCc2c(C)cc(C)c(C)c2O1. The van der Waals surface area contributed by atoms with Gasteiger partial charge in [-0.25, -0.2) is 0 Å². The predicted molar refractivity (Wildman–Crippen MR) is 86.7 cm³/mol. The number of ether oxygens (including phenoxy) is 1. The molecule has 110 valence electrons. The lowest BCUT2D eigenvalue weighted by atomic mass is 9.85. The lowest BCUT2D eigenvalue weighted by Gasteiger charge is -2.37. The van der Waals surface area contributed by atoms with Crippen LogP contribution in [0.5, 0.6) is 5.75 Å². The van der Waals surface area contributed by atoms with E-state index in [1.54, 1.807) is 0 Å². The van der Waals surface area contributed by atoms with Crippen molar-refractivity contribution in [2.75, 3.05) is 0 Å². The summed E-state index contributed by atoms with van der Waals surface area (Å²) in [4.78, 5) is 0. The van der Waals surface area contributed by atoms with Crippen LogP contribution >= 0.6 is 0 Å². The standard InChI is InChI=1S/C19H28O/c1-13(2)8-7-10-19(6)11-9-17-15(4)12-14(3)16(5)18(17)20-19/h8,12H,7,9-11H2,1-6H3. The lowest BCUT2D eigenvalue weighted by Crippen LogP contribution is -2.36. The molecule has 1 aliphatic heterocycles. The summed E-state index contributed by atoms with van der Waals surface area (Å²) in [7, 11) is 0. The molecule has 1 heteroatoms. The molecule has 20 heavy (non-hydrogen) atoms. The Morgan fingerprint density at radius 2 is 1.95 bits per heavy atom. The van der Waals surface area contributed by atoms with Gasteiger partial charge in [-0.05, 0) is 89.5 Å². The van der Waals surface area contributed by atoms with Crippen molar-refractivity contribution in [2.24, 2.45) is 0 Å². The fourth-order valence-corrected chi connectivity index (χ4v) is 3.08. The molecule has 1 atom stereocenters. The van der Waals surface area contributed by atoms with Crippen molar-refractivity contribution in [1.29, 1.82) is 0 Å². The first-order chi connectivity index (χ1) is 9.32. The first kappa shape index (κ1) is 15.2. The second kappa shape index (κ2) is 5.63. The van der Waals surface area contributed by atoms with Crippen molar-refractivity contribution in [3.63, 3.8) is 0 Å². The largest absolute Gasteiger partial charge is 0.487 e. The molecule has 1 aromatic rings. The molecule has 0 radical (unpaired) electrons. The van der Waals surface area contributed by atoms with Crippen LogP contribution in [0.25, 0.3) is 0 Å². The highest BCUT2D eigenvalue weighted by atomic mass is 16.5. The van der Waals surface area contributed by atoms with Gasteiger partial charge in [-0.2, -0.15) is 0 Å². The highest BCUT2D eigenvalue weighted by Gasteiger charge is 2.32. The number of rotatable bonds is 3. The number of hydrogen-bond acceptors (Lipinski definition) is 1. The Hall–Kier alpha value is -1.24. The molecule has 0 aliphatic carbocycles. The van der Waals surface area contributed by atoms with Gasteiger partial charge in [0.1, 0.15) is 11.4 Å². The van der Waals surface area contributed by atoms with Crippen LogP contribution in [-0.2, 0) is 6.42 Å². The number of fused-ring (bicyclic) bond motifs is 1.